The molecule has 1 unspecified atom stereocenters. The maximum absolute atomic E-state index is 13.0. The van der Waals surface area contributed by atoms with Gasteiger partial charge in [0.2, 0.25) is 0 Å². The second-order valence-corrected chi connectivity index (χ2v) is 11.5. The largest absolute Gasteiger partial charge is 0.350 e. The standard InChI is InChI=1S/C30H40N6O/c1-19(2)32-29(37)24-18-31-28(17-25(24)34-27-10-8-9-26(35-27)30(3,4)5)33-22-13-11-21-16-23(36(6)7)14-12-20(21)15-22/h8-11,13,15,17-19,23H,12,14,16H2,1-7H3,(H,32,37)(H2,31,33,34,35). The molecule has 0 spiro atoms. The summed E-state index contributed by atoms with van der Waals surface area (Å²) in [6.45, 7) is 10.3. The Morgan fingerprint density at radius 2 is 1.81 bits per heavy atom. The number of fused-ring (bicyclic) bond motifs is 1. The molecular weight excluding hydrogens is 460 g/mol. The number of anilines is 4. The summed E-state index contributed by atoms with van der Waals surface area (Å²) >= 11 is 0. The highest BCUT2D eigenvalue weighted by Crippen LogP contribution is 2.30. The van der Waals surface area contributed by atoms with E-state index in [9.17, 15) is 4.79 Å². The van der Waals surface area contributed by atoms with Crippen molar-refractivity contribution in [3.05, 3.63) is 71.0 Å². The number of aryl methyl sites for hydroxylation is 1. The Morgan fingerprint density at radius 3 is 2.51 bits per heavy atom. The molecule has 1 amide bonds. The third-order valence-electron chi connectivity index (χ3n) is 6.76. The van der Waals surface area contributed by atoms with Gasteiger partial charge in [-0.25, -0.2) is 9.97 Å². The Hall–Kier alpha value is -3.45. The number of benzene rings is 1. The lowest BCUT2D eigenvalue weighted by Gasteiger charge is -2.30. The van der Waals surface area contributed by atoms with Gasteiger partial charge in [-0.05, 0) is 82.6 Å². The number of aromatic nitrogens is 2. The molecule has 2 aromatic heterocycles. The van der Waals surface area contributed by atoms with Crippen LogP contribution in [0.2, 0.25) is 0 Å². The van der Waals surface area contributed by atoms with E-state index in [-0.39, 0.29) is 17.4 Å². The number of hydrogen-bond acceptors (Lipinski definition) is 6. The lowest BCUT2D eigenvalue weighted by atomic mass is 9.87. The Bertz CT molecular complexity index is 1260. The number of likely N-dealkylation sites (N-methyl/N-ethyl adjacent to an activating group) is 1. The number of pyridine rings is 2. The third-order valence-corrected chi connectivity index (χ3v) is 6.76. The summed E-state index contributed by atoms with van der Waals surface area (Å²) in [6.07, 6.45) is 4.93. The first-order valence-electron chi connectivity index (χ1n) is 13.1. The van der Waals surface area contributed by atoms with Crippen LogP contribution in [-0.2, 0) is 18.3 Å². The molecule has 0 fully saturated rings. The van der Waals surface area contributed by atoms with Gasteiger partial charge >= 0.3 is 0 Å². The predicted octanol–water partition coefficient (Wildman–Crippen LogP) is 5.82. The minimum absolute atomic E-state index is 0.0167. The maximum Gasteiger partial charge on any atom is 0.255 e. The molecule has 0 saturated heterocycles. The maximum atomic E-state index is 13.0. The van der Waals surface area contributed by atoms with E-state index in [4.69, 9.17) is 4.98 Å². The van der Waals surface area contributed by atoms with Crippen LogP contribution in [0.15, 0.2) is 48.7 Å². The Balaban J connectivity index is 1.61. The third kappa shape index (κ3) is 6.66. The lowest BCUT2D eigenvalue weighted by molar-refractivity contribution is 0.0943. The summed E-state index contributed by atoms with van der Waals surface area (Å²) in [5.41, 5.74) is 5.81. The summed E-state index contributed by atoms with van der Waals surface area (Å²) in [7, 11) is 4.31. The summed E-state index contributed by atoms with van der Waals surface area (Å²) in [6, 6.07) is 15.0. The van der Waals surface area contributed by atoms with Gasteiger partial charge in [-0.15, -0.1) is 0 Å². The number of nitrogens with zero attached hydrogens (tertiary/aromatic N) is 3. The van der Waals surface area contributed by atoms with E-state index in [1.165, 1.54) is 11.1 Å². The van der Waals surface area contributed by atoms with Crippen LogP contribution in [0.25, 0.3) is 0 Å². The number of nitrogens with one attached hydrogen (secondary N) is 3. The van der Waals surface area contributed by atoms with E-state index in [0.717, 1.165) is 30.6 Å². The van der Waals surface area contributed by atoms with Crippen LogP contribution in [-0.4, -0.2) is 47.0 Å². The smallest absolute Gasteiger partial charge is 0.255 e. The molecule has 3 aromatic rings. The first-order valence-corrected chi connectivity index (χ1v) is 13.1. The fourth-order valence-corrected chi connectivity index (χ4v) is 4.61. The number of amides is 1. The van der Waals surface area contributed by atoms with E-state index in [1.54, 1.807) is 6.20 Å². The van der Waals surface area contributed by atoms with E-state index in [0.29, 0.717) is 28.9 Å². The van der Waals surface area contributed by atoms with Crippen LogP contribution in [0.3, 0.4) is 0 Å². The molecule has 196 valence electrons. The fraction of sp³-hybridized carbons (Fsp3) is 0.433. The van der Waals surface area contributed by atoms with Crippen molar-refractivity contribution in [3.63, 3.8) is 0 Å². The minimum Gasteiger partial charge on any atom is -0.350 e. The molecule has 3 N–H and O–H groups in total. The topological polar surface area (TPSA) is 82.2 Å². The minimum atomic E-state index is -0.173. The molecule has 37 heavy (non-hydrogen) atoms. The Labute approximate surface area is 221 Å². The van der Waals surface area contributed by atoms with Gasteiger partial charge in [-0.1, -0.05) is 32.9 Å². The van der Waals surface area contributed by atoms with Gasteiger partial charge in [0.1, 0.15) is 11.6 Å². The van der Waals surface area contributed by atoms with Crippen molar-refractivity contribution in [1.29, 1.82) is 0 Å². The molecule has 0 radical (unpaired) electrons. The second kappa shape index (κ2) is 10.9. The number of hydrogen-bond donors (Lipinski definition) is 3. The van der Waals surface area contributed by atoms with Gasteiger partial charge in [0.15, 0.2) is 0 Å². The number of carbonyl (C=O) groups is 1. The van der Waals surface area contributed by atoms with Crippen LogP contribution in [0.5, 0.6) is 0 Å². The monoisotopic (exact) mass is 500 g/mol. The summed E-state index contributed by atoms with van der Waals surface area (Å²) < 4.78 is 0. The zero-order valence-corrected chi connectivity index (χ0v) is 23.1. The quantitative estimate of drug-likeness (QED) is 0.379. The van der Waals surface area contributed by atoms with E-state index in [2.05, 4.69) is 78.9 Å². The molecule has 0 saturated carbocycles. The highest BCUT2D eigenvalue weighted by atomic mass is 16.1. The molecule has 1 aliphatic rings. The van der Waals surface area contributed by atoms with Crippen molar-refractivity contribution in [2.75, 3.05) is 24.7 Å². The van der Waals surface area contributed by atoms with Gasteiger partial charge < -0.3 is 20.9 Å². The summed E-state index contributed by atoms with van der Waals surface area (Å²) in [5.74, 6) is 1.18. The molecule has 0 aliphatic heterocycles. The second-order valence-electron chi connectivity index (χ2n) is 11.5. The number of carbonyl (C=O) groups excluding carboxylic acids is 1. The Morgan fingerprint density at radius 1 is 1.03 bits per heavy atom. The molecule has 1 aliphatic carbocycles. The summed E-state index contributed by atoms with van der Waals surface area (Å²) in [5, 5.41) is 9.79. The van der Waals surface area contributed by atoms with Crippen LogP contribution < -0.4 is 16.0 Å². The van der Waals surface area contributed by atoms with E-state index >= 15 is 0 Å². The van der Waals surface area contributed by atoms with E-state index < -0.39 is 0 Å². The van der Waals surface area contributed by atoms with Gasteiger partial charge in [0.05, 0.1) is 11.3 Å². The predicted molar refractivity (Wildman–Crippen MR) is 152 cm³/mol. The van der Waals surface area contributed by atoms with Crippen LogP contribution in [0, 0.1) is 0 Å². The SMILES string of the molecule is CC(C)NC(=O)c1cnc(Nc2ccc3c(c2)CCC(N(C)C)C3)cc1Nc1cccc(C(C)(C)C)n1. The van der Waals surface area contributed by atoms with Gasteiger partial charge in [0.25, 0.3) is 5.91 Å². The van der Waals surface area contributed by atoms with Crippen molar-refractivity contribution >= 4 is 28.9 Å². The first-order chi connectivity index (χ1) is 17.5. The lowest BCUT2D eigenvalue weighted by Crippen LogP contribution is -2.33. The number of rotatable bonds is 7. The van der Waals surface area contributed by atoms with Gasteiger partial charge in [-0.3, -0.25) is 4.79 Å². The summed E-state index contributed by atoms with van der Waals surface area (Å²) in [4.78, 5) is 24.6. The average Bonchev–Trinajstić information content (AvgIpc) is 2.83. The zero-order chi connectivity index (χ0) is 26.7. The molecule has 1 atom stereocenters. The van der Waals surface area contributed by atoms with Crippen molar-refractivity contribution < 1.29 is 4.79 Å². The normalized spacial score (nSPS) is 15.4. The van der Waals surface area contributed by atoms with Gasteiger partial charge in [0, 0.05) is 41.1 Å². The van der Waals surface area contributed by atoms with Crippen LogP contribution in [0.4, 0.5) is 23.0 Å². The van der Waals surface area contributed by atoms with Crippen molar-refractivity contribution in [2.24, 2.45) is 0 Å². The zero-order valence-electron chi connectivity index (χ0n) is 23.1. The molecule has 7 heteroatoms. The molecule has 1 aromatic carbocycles. The molecule has 7 nitrogen and oxygen atoms in total. The van der Waals surface area contributed by atoms with E-state index in [1.807, 2.05) is 38.1 Å². The van der Waals surface area contributed by atoms with Crippen molar-refractivity contribution in [1.82, 2.24) is 20.2 Å². The molecule has 4 rings (SSSR count). The molecule has 2 heterocycles. The van der Waals surface area contributed by atoms with Crippen molar-refractivity contribution in [3.8, 4) is 0 Å². The first kappa shape index (κ1) is 26.6. The average molecular weight is 501 g/mol. The van der Waals surface area contributed by atoms with Crippen LogP contribution in [0.1, 0.15) is 68.2 Å². The van der Waals surface area contributed by atoms with Gasteiger partial charge in [-0.2, -0.15) is 0 Å². The molecular formula is C30H40N6O. The Kier molecular flexibility index (Phi) is 7.83. The van der Waals surface area contributed by atoms with Crippen molar-refractivity contribution in [2.45, 2.75) is 71.4 Å². The molecule has 0 bridgehead atoms. The fourth-order valence-electron chi connectivity index (χ4n) is 4.61. The highest BCUT2D eigenvalue weighted by molar-refractivity contribution is 6.00. The highest BCUT2D eigenvalue weighted by Gasteiger charge is 2.21. The van der Waals surface area contributed by atoms with Crippen LogP contribution >= 0.6 is 0 Å².